The number of nitrogens with one attached hydrogen (secondary N) is 1. The summed E-state index contributed by atoms with van der Waals surface area (Å²) in [6, 6.07) is 2.68. The number of nitriles is 1. The van der Waals surface area contributed by atoms with Crippen molar-refractivity contribution in [2.24, 2.45) is 0 Å². The lowest BCUT2D eigenvalue weighted by atomic mass is 10.2. The van der Waals surface area contributed by atoms with E-state index in [0.29, 0.717) is 12.6 Å². The van der Waals surface area contributed by atoms with Gasteiger partial charge < -0.3 is 10.2 Å². The van der Waals surface area contributed by atoms with Crippen molar-refractivity contribution in [3.8, 4) is 6.07 Å². The predicted molar refractivity (Wildman–Crippen MR) is 69.0 cm³/mol. The van der Waals surface area contributed by atoms with Crippen LogP contribution in [0.5, 0.6) is 0 Å². The van der Waals surface area contributed by atoms with Gasteiger partial charge in [-0.15, -0.1) is 0 Å². The van der Waals surface area contributed by atoms with E-state index in [4.69, 9.17) is 5.26 Å². The van der Waals surface area contributed by atoms with E-state index in [2.05, 4.69) is 30.1 Å². The van der Waals surface area contributed by atoms with E-state index < -0.39 is 0 Å². The molecule has 2 saturated heterocycles. The van der Waals surface area contributed by atoms with Gasteiger partial charge in [-0.3, -0.25) is 4.90 Å². The number of nitrogens with zero attached hydrogens (tertiary/aromatic N) is 3. The number of urea groups is 1. The van der Waals surface area contributed by atoms with Gasteiger partial charge >= 0.3 is 6.03 Å². The van der Waals surface area contributed by atoms with Gasteiger partial charge in [0, 0.05) is 31.7 Å². The van der Waals surface area contributed by atoms with Crippen LogP contribution in [-0.2, 0) is 0 Å². The first-order valence-corrected chi connectivity index (χ1v) is 6.82. The minimum absolute atomic E-state index is 0.0605. The summed E-state index contributed by atoms with van der Waals surface area (Å²) in [7, 11) is 0. The highest BCUT2D eigenvalue weighted by atomic mass is 16.2. The van der Waals surface area contributed by atoms with E-state index in [1.165, 1.54) is 0 Å². The van der Waals surface area contributed by atoms with Gasteiger partial charge in [-0.05, 0) is 33.1 Å². The Labute approximate surface area is 109 Å². The lowest BCUT2D eigenvalue weighted by molar-refractivity contribution is 0.195. The molecule has 0 bridgehead atoms. The summed E-state index contributed by atoms with van der Waals surface area (Å²) in [6.45, 7) is 7.04. The standard InChI is InChI=1S/C13H22N4O/c1-10(2)16-7-5-11(9-16)15-13(18)17-6-3-4-12(17)8-14/h10-12H,3-7,9H2,1-2H3,(H,15,18). The molecule has 0 aromatic heterocycles. The molecule has 2 aliphatic rings. The van der Waals surface area contributed by atoms with Crippen LogP contribution >= 0.6 is 0 Å². The summed E-state index contributed by atoms with van der Waals surface area (Å²) in [5.74, 6) is 0. The fraction of sp³-hybridized carbons (Fsp3) is 0.846. The van der Waals surface area contributed by atoms with Gasteiger partial charge in [0.15, 0.2) is 0 Å². The first-order valence-electron chi connectivity index (χ1n) is 6.82. The molecule has 2 fully saturated rings. The maximum Gasteiger partial charge on any atom is 0.318 e. The minimum atomic E-state index is -0.229. The Kier molecular flexibility index (Phi) is 4.07. The largest absolute Gasteiger partial charge is 0.334 e. The van der Waals surface area contributed by atoms with Gasteiger partial charge in [0.05, 0.1) is 6.07 Å². The maximum atomic E-state index is 12.1. The molecule has 0 radical (unpaired) electrons. The van der Waals surface area contributed by atoms with Gasteiger partial charge in [0.2, 0.25) is 0 Å². The van der Waals surface area contributed by atoms with Crippen molar-refractivity contribution < 1.29 is 4.79 Å². The Bertz CT molecular complexity index is 349. The van der Waals surface area contributed by atoms with Crippen LogP contribution in [-0.4, -0.2) is 53.6 Å². The predicted octanol–water partition coefficient (Wildman–Crippen LogP) is 1.17. The number of likely N-dealkylation sites (tertiary alicyclic amines) is 2. The second kappa shape index (κ2) is 5.57. The van der Waals surface area contributed by atoms with Gasteiger partial charge in [-0.1, -0.05) is 0 Å². The van der Waals surface area contributed by atoms with Crippen LogP contribution in [0.2, 0.25) is 0 Å². The molecule has 2 heterocycles. The number of carbonyl (C=O) groups excluding carboxylic acids is 1. The molecule has 0 saturated carbocycles. The smallest absolute Gasteiger partial charge is 0.318 e. The van der Waals surface area contributed by atoms with E-state index in [1.807, 2.05) is 0 Å². The summed E-state index contributed by atoms with van der Waals surface area (Å²) in [6.07, 6.45) is 2.76. The normalized spacial score (nSPS) is 28.7. The van der Waals surface area contributed by atoms with Crippen molar-refractivity contribution in [2.75, 3.05) is 19.6 Å². The summed E-state index contributed by atoms with van der Waals surface area (Å²) in [4.78, 5) is 16.1. The summed E-state index contributed by atoms with van der Waals surface area (Å²) in [5, 5.41) is 12.0. The van der Waals surface area contributed by atoms with Crippen LogP contribution in [0.25, 0.3) is 0 Å². The van der Waals surface area contributed by atoms with Crippen molar-refractivity contribution in [2.45, 2.75) is 51.2 Å². The third kappa shape index (κ3) is 2.75. The molecule has 0 aliphatic carbocycles. The van der Waals surface area contributed by atoms with Crippen molar-refractivity contribution in [1.29, 1.82) is 5.26 Å². The van der Waals surface area contributed by atoms with Crippen molar-refractivity contribution in [3.05, 3.63) is 0 Å². The van der Waals surface area contributed by atoms with E-state index in [1.54, 1.807) is 4.90 Å². The van der Waals surface area contributed by atoms with E-state index in [0.717, 1.165) is 32.4 Å². The highest BCUT2D eigenvalue weighted by molar-refractivity contribution is 5.75. The molecule has 0 aromatic carbocycles. The number of rotatable bonds is 2. The molecule has 2 amide bonds. The van der Waals surface area contributed by atoms with Crippen LogP contribution in [0.1, 0.15) is 33.1 Å². The van der Waals surface area contributed by atoms with E-state index >= 15 is 0 Å². The van der Waals surface area contributed by atoms with E-state index in [-0.39, 0.29) is 18.1 Å². The number of carbonyl (C=O) groups is 1. The van der Waals surface area contributed by atoms with Gasteiger partial charge in [-0.2, -0.15) is 5.26 Å². The second-order valence-electron chi connectivity index (χ2n) is 5.50. The fourth-order valence-electron chi connectivity index (χ4n) is 2.78. The topological polar surface area (TPSA) is 59.4 Å². The Balaban J connectivity index is 1.84. The molecule has 5 nitrogen and oxygen atoms in total. The highest BCUT2D eigenvalue weighted by Gasteiger charge is 2.31. The molecule has 1 N–H and O–H groups in total. The lowest BCUT2D eigenvalue weighted by Gasteiger charge is -2.24. The SMILES string of the molecule is CC(C)N1CCC(NC(=O)N2CCCC2C#N)C1. The second-order valence-corrected chi connectivity index (χ2v) is 5.50. The Morgan fingerprint density at radius 1 is 1.39 bits per heavy atom. The van der Waals surface area contributed by atoms with Gasteiger partial charge in [-0.25, -0.2) is 4.79 Å². The fourth-order valence-corrected chi connectivity index (χ4v) is 2.78. The molecule has 2 unspecified atom stereocenters. The molecule has 2 rings (SSSR count). The average Bonchev–Trinajstić information content (AvgIpc) is 2.96. The first-order chi connectivity index (χ1) is 8.61. The molecular formula is C13H22N4O. The monoisotopic (exact) mass is 250 g/mol. The summed E-state index contributed by atoms with van der Waals surface area (Å²) in [5.41, 5.74) is 0. The average molecular weight is 250 g/mol. The van der Waals surface area contributed by atoms with Gasteiger partial charge in [0.25, 0.3) is 0 Å². The maximum absolute atomic E-state index is 12.1. The molecule has 5 heteroatoms. The molecular weight excluding hydrogens is 228 g/mol. The summed E-state index contributed by atoms with van der Waals surface area (Å²) < 4.78 is 0. The van der Waals surface area contributed by atoms with Crippen LogP contribution < -0.4 is 5.32 Å². The zero-order chi connectivity index (χ0) is 13.1. The lowest BCUT2D eigenvalue weighted by Crippen LogP contribution is -2.47. The molecule has 0 spiro atoms. The number of hydrogen-bond acceptors (Lipinski definition) is 3. The zero-order valence-corrected chi connectivity index (χ0v) is 11.2. The molecule has 18 heavy (non-hydrogen) atoms. The van der Waals surface area contributed by atoms with Crippen molar-refractivity contribution in [1.82, 2.24) is 15.1 Å². The van der Waals surface area contributed by atoms with Crippen LogP contribution in [0.3, 0.4) is 0 Å². The quantitative estimate of drug-likeness (QED) is 0.800. The number of hydrogen-bond donors (Lipinski definition) is 1. The zero-order valence-electron chi connectivity index (χ0n) is 11.2. The van der Waals surface area contributed by atoms with Gasteiger partial charge in [0.1, 0.15) is 6.04 Å². The molecule has 0 aromatic rings. The minimum Gasteiger partial charge on any atom is -0.334 e. The molecule has 2 atom stereocenters. The number of amides is 2. The third-order valence-electron chi connectivity index (χ3n) is 3.94. The molecule has 100 valence electrons. The highest BCUT2D eigenvalue weighted by Crippen LogP contribution is 2.18. The Morgan fingerprint density at radius 3 is 2.78 bits per heavy atom. The van der Waals surface area contributed by atoms with Crippen LogP contribution in [0.4, 0.5) is 4.79 Å². The Hall–Kier alpha value is -1.28. The van der Waals surface area contributed by atoms with Crippen LogP contribution in [0.15, 0.2) is 0 Å². The van der Waals surface area contributed by atoms with Crippen molar-refractivity contribution in [3.63, 3.8) is 0 Å². The molecule has 2 aliphatic heterocycles. The van der Waals surface area contributed by atoms with E-state index in [9.17, 15) is 4.79 Å². The van der Waals surface area contributed by atoms with Crippen molar-refractivity contribution >= 4 is 6.03 Å². The summed E-state index contributed by atoms with van der Waals surface area (Å²) >= 11 is 0. The Morgan fingerprint density at radius 2 is 2.17 bits per heavy atom. The first kappa shape index (κ1) is 13.2. The third-order valence-corrected chi connectivity index (χ3v) is 3.94. The van der Waals surface area contributed by atoms with Crippen LogP contribution in [0, 0.1) is 11.3 Å².